The molecule has 0 aliphatic rings. The Balaban J connectivity index is 1.44. The number of anilines is 1. The molecule has 4 aromatic rings. The Hall–Kier alpha value is -4.87. The number of nitrogens with one attached hydrogen (secondary N) is 1. The summed E-state index contributed by atoms with van der Waals surface area (Å²) in [6.45, 7) is 1.99. The predicted octanol–water partition coefficient (Wildman–Crippen LogP) is 1.73. The summed E-state index contributed by atoms with van der Waals surface area (Å²) in [6, 6.07) is 14.9. The molecule has 0 bridgehead atoms. The van der Waals surface area contributed by atoms with E-state index in [1.54, 1.807) is 61.5 Å². The van der Waals surface area contributed by atoms with Crippen LogP contribution in [-0.2, 0) is 23.0 Å². The largest absolute Gasteiger partial charge is 0.462 e. The van der Waals surface area contributed by atoms with Crippen LogP contribution in [0.3, 0.4) is 0 Å². The standard InChI is InChI=1S/C24H22N6O6/c1-3-35-23(33)15-9-11-16(12-10-15)25-18(31)13-14-19-26-21(28-36-19)20-22(32)29(2)24(34)30(27-20)17-7-5-4-6-8-17/h4-12H,3,13-14H2,1-2H3,(H,25,31). The van der Waals surface area contributed by atoms with Gasteiger partial charge in [-0.3, -0.25) is 14.2 Å². The molecule has 2 heterocycles. The van der Waals surface area contributed by atoms with Gasteiger partial charge in [0, 0.05) is 25.6 Å². The molecule has 0 radical (unpaired) electrons. The fourth-order valence-corrected chi connectivity index (χ4v) is 3.25. The third-order valence-electron chi connectivity index (χ3n) is 5.10. The van der Waals surface area contributed by atoms with Gasteiger partial charge in [-0.2, -0.15) is 14.8 Å². The molecule has 2 aromatic heterocycles. The van der Waals surface area contributed by atoms with Crippen molar-refractivity contribution < 1.29 is 18.8 Å². The van der Waals surface area contributed by atoms with Gasteiger partial charge in [0.25, 0.3) is 5.56 Å². The van der Waals surface area contributed by atoms with Gasteiger partial charge in [0.2, 0.25) is 17.6 Å². The minimum absolute atomic E-state index is 0.0240. The Morgan fingerprint density at radius 3 is 2.47 bits per heavy atom. The van der Waals surface area contributed by atoms with Gasteiger partial charge < -0.3 is 14.6 Å². The van der Waals surface area contributed by atoms with Crippen molar-refractivity contribution in [1.82, 2.24) is 24.5 Å². The van der Waals surface area contributed by atoms with Crippen LogP contribution in [0.5, 0.6) is 0 Å². The highest BCUT2D eigenvalue weighted by atomic mass is 16.5. The molecule has 0 saturated heterocycles. The fraction of sp³-hybridized carbons (Fsp3) is 0.208. The molecule has 0 unspecified atom stereocenters. The number of aromatic nitrogens is 5. The molecule has 0 aliphatic heterocycles. The second kappa shape index (κ2) is 10.6. The van der Waals surface area contributed by atoms with Crippen molar-refractivity contribution >= 4 is 17.6 Å². The molecule has 2 aromatic carbocycles. The molecule has 0 fully saturated rings. The van der Waals surface area contributed by atoms with Crippen molar-refractivity contribution in [3.8, 4) is 17.2 Å². The number of rotatable bonds is 8. The summed E-state index contributed by atoms with van der Waals surface area (Å²) in [5, 5.41) is 10.7. The van der Waals surface area contributed by atoms with E-state index in [4.69, 9.17) is 9.26 Å². The number of amides is 1. The van der Waals surface area contributed by atoms with E-state index in [0.29, 0.717) is 16.9 Å². The van der Waals surface area contributed by atoms with Crippen LogP contribution in [0.1, 0.15) is 29.6 Å². The summed E-state index contributed by atoms with van der Waals surface area (Å²) >= 11 is 0. The Labute approximate surface area is 204 Å². The number of para-hydroxylation sites is 1. The molecule has 0 saturated carbocycles. The van der Waals surface area contributed by atoms with E-state index < -0.39 is 17.2 Å². The van der Waals surface area contributed by atoms with Crippen molar-refractivity contribution in [2.45, 2.75) is 19.8 Å². The number of hydrogen-bond acceptors (Lipinski definition) is 9. The first-order valence-electron chi connectivity index (χ1n) is 11.0. The van der Waals surface area contributed by atoms with Gasteiger partial charge in [-0.25, -0.2) is 9.59 Å². The second-order valence-corrected chi connectivity index (χ2v) is 7.60. The van der Waals surface area contributed by atoms with Crippen LogP contribution in [0, 0.1) is 0 Å². The van der Waals surface area contributed by atoms with Gasteiger partial charge in [0.05, 0.1) is 17.9 Å². The summed E-state index contributed by atoms with van der Waals surface area (Å²) in [5.74, 6) is -0.722. The highest BCUT2D eigenvalue weighted by molar-refractivity contribution is 5.93. The van der Waals surface area contributed by atoms with Gasteiger partial charge in [0.1, 0.15) is 0 Å². The third kappa shape index (κ3) is 5.27. The van der Waals surface area contributed by atoms with E-state index in [0.717, 1.165) is 9.25 Å². The molecule has 4 rings (SSSR count). The van der Waals surface area contributed by atoms with Crippen molar-refractivity contribution in [2.75, 3.05) is 11.9 Å². The minimum Gasteiger partial charge on any atom is -0.462 e. The zero-order chi connectivity index (χ0) is 25.7. The number of hydrogen-bond donors (Lipinski definition) is 1. The average molecular weight is 490 g/mol. The zero-order valence-electron chi connectivity index (χ0n) is 19.5. The van der Waals surface area contributed by atoms with E-state index in [-0.39, 0.29) is 42.8 Å². The van der Waals surface area contributed by atoms with Crippen LogP contribution in [0.25, 0.3) is 17.2 Å². The fourth-order valence-electron chi connectivity index (χ4n) is 3.25. The summed E-state index contributed by atoms with van der Waals surface area (Å²) in [5.41, 5.74) is -0.104. The lowest BCUT2D eigenvalue weighted by Crippen LogP contribution is -2.40. The molecular formula is C24H22N6O6. The normalized spacial score (nSPS) is 10.7. The zero-order valence-corrected chi connectivity index (χ0v) is 19.5. The summed E-state index contributed by atoms with van der Waals surface area (Å²) < 4.78 is 12.1. The summed E-state index contributed by atoms with van der Waals surface area (Å²) in [7, 11) is 1.33. The topological polar surface area (TPSA) is 151 Å². The van der Waals surface area contributed by atoms with E-state index in [9.17, 15) is 19.2 Å². The van der Waals surface area contributed by atoms with Crippen molar-refractivity contribution in [2.24, 2.45) is 7.05 Å². The van der Waals surface area contributed by atoms with Crippen LogP contribution in [0.4, 0.5) is 5.69 Å². The second-order valence-electron chi connectivity index (χ2n) is 7.60. The highest BCUT2D eigenvalue weighted by Gasteiger charge is 2.19. The minimum atomic E-state index is -0.677. The lowest BCUT2D eigenvalue weighted by atomic mass is 10.2. The molecule has 12 nitrogen and oxygen atoms in total. The summed E-state index contributed by atoms with van der Waals surface area (Å²) in [6.07, 6.45) is 0.134. The molecule has 0 aliphatic carbocycles. The third-order valence-corrected chi connectivity index (χ3v) is 5.10. The van der Waals surface area contributed by atoms with E-state index in [2.05, 4.69) is 20.6 Å². The van der Waals surface area contributed by atoms with Crippen LogP contribution >= 0.6 is 0 Å². The summed E-state index contributed by atoms with van der Waals surface area (Å²) in [4.78, 5) is 53.4. The first kappa shape index (κ1) is 24.3. The molecular weight excluding hydrogens is 468 g/mol. The SMILES string of the molecule is CCOC(=O)c1ccc(NC(=O)CCc2nc(-c3nn(-c4ccccc4)c(=O)n(C)c3=O)no2)cc1. The lowest BCUT2D eigenvalue weighted by Gasteiger charge is -2.07. The van der Waals surface area contributed by atoms with Crippen molar-refractivity contribution in [1.29, 1.82) is 0 Å². The molecule has 0 atom stereocenters. The first-order chi connectivity index (χ1) is 17.4. The van der Waals surface area contributed by atoms with Crippen LogP contribution in [-0.4, -0.2) is 43.0 Å². The molecule has 36 heavy (non-hydrogen) atoms. The molecule has 1 amide bonds. The molecule has 12 heteroatoms. The van der Waals surface area contributed by atoms with Crippen molar-refractivity contribution in [3.63, 3.8) is 0 Å². The first-order valence-corrected chi connectivity index (χ1v) is 11.0. The molecule has 1 N–H and O–H groups in total. The van der Waals surface area contributed by atoms with Crippen LogP contribution in [0.15, 0.2) is 68.7 Å². The number of aryl methyl sites for hydroxylation is 1. The predicted molar refractivity (Wildman–Crippen MR) is 128 cm³/mol. The smallest absolute Gasteiger partial charge is 0.351 e. The molecule has 0 spiro atoms. The Kier molecular flexibility index (Phi) is 7.14. The Morgan fingerprint density at radius 2 is 1.78 bits per heavy atom. The number of ether oxygens (including phenoxy) is 1. The lowest BCUT2D eigenvalue weighted by molar-refractivity contribution is -0.116. The monoisotopic (exact) mass is 490 g/mol. The number of carbonyl (C=O) groups excluding carboxylic acids is 2. The number of carbonyl (C=O) groups is 2. The maximum absolute atomic E-state index is 12.6. The van der Waals surface area contributed by atoms with Gasteiger partial charge in [-0.05, 0) is 43.3 Å². The highest BCUT2D eigenvalue weighted by Crippen LogP contribution is 2.13. The number of nitrogens with zero attached hydrogens (tertiary/aromatic N) is 5. The number of benzene rings is 2. The van der Waals surface area contributed by atoms with E-state index >= 15 is 0 Å². The van der Waals surface area contributed by atoms with E-state index in [1.165, 1.54) is 7.05 Å². The Bertz CT molecular complexity index is 1500. The molecule has 184 valence electrons. The van der Waals surface area contributed by atoms with Gasteiger partial charge >= 0.3 is 11.7 Å². The van der Waals surface area contributed by atoms with E-state index in [1.807, 2.05) is 0 Å². The van der Waals surface area contributed by atoms with Crippen molar-refractivity contribution in [3.05, 3.63) is 86.9 Å². The Morgan fingerprint density at radius 1 is 1.06 bits per heavy atom. The maximum Gasteiger partial charge on any atom is 0.351 e. The van der Waals surface area contributed by atoms with Crippen LogP contribution in [0.2, 0.25) is 0 Å². The van der Waals surface area contributed by atoms with Gasteiger partial charge in [-0.15, -0.1) is 0 Å². The van der Waals surface area contributed by atoms with Gasteiger partial charge in [-0.1, -0.05) is 23.4 Å². The van der Waals surface area contributed by atoms with Gasteiger partial charge in [0.15, 0.2) is 5.69 Å². The quantitative estimate of drug-likeness (QED) is 0.364. The number of esters is 1. The maximum atomic E-state index is 12.6. The average Bonchev–Trinajstić information content (AvgIpc) is 3.36. The van der Waals surface area contributed by atoms with Crippen LogP contribution < -0.4 is 16.6 Å².